The van der Waals surface area contributed by atoms with Crippen LogP contribution >= 0.6 is 11.3 Å². The molecule has 0 bridgehead atoms. The molecule has 0 saturated carbocycles. The highest BCUT2D eigenvalue weighted by atomic mass is 32.1. The number of nitrogens with zero attached hydrogens (tertiary/aromatic N) is 2. The summed E-state index contributed by atoms with van der Waals surface area (Å²) in [6.45, 7) is 1.93. The zero-order valence-electron chi connectivity index (χ0n) is 12.3. The topological polar surface area (TPSA) is 54.5 Å². The quantitative estimate of drug-likeness (QED) is 0.922. The number of hydrogen-bond donors (Lipinski definition) is 1. The minimum atomic E-state index is -0.457. The molecule has 1 amide bonds. The van der Waals surface area contributed by atoms with Gasteiger partial charge in [0.1, 0.15) is 5.75 Å². The lowest BCUT2D eigenvalue weighted by Crippen LogP contribution is -2.31. The lowest BCUT2D eigenvalue weighted by atomic mass is 10.1. The third-order valence-corrected chi connectivity index (χ3v) is 5.09. The number of aromatic nitrogens is 1. The average molecular weight is 315 g/mol. The summed E-state index contributed by atoms with van der Waals surface area (Å²) in [7, 11) is 2.10. The number of benzene rings is 1. The second kappa shape index (κ2) is 5.37. The van der Waals surface area contributed by atoms with Crippen LogP contribution in [-0.2, 0) is 24.2 Å². The van der Waals surface area contributed by atoms with E-state index < -0.39 is 6.10 Å². The Morgan fingerprint density at radius 1 is 1.45 bits per heavy atom. The largest absolute Gasteiger partial charge is 0.480 e. The van der Waals surface area contributed by atoms with Crippen molar-refractivity contribution in [3.8, 4) is 5.75 Å². The normalized spacial score (nSPS) is 20.1. The highest BCUT2D eigenvalue weighted by Gasteiger charge is 2.29. The Balaban J connectivity index is 1.45. The van der Waals surface area contributed by atoms with E-state index in [4.69, 9.17) is 4.74 Å². The van der Waals surface area contributed by atoms with Crippen LogP contribution in [0, 0.1) is 0 Å². The predicted molar refractivity (Wildman–Crippen MR) is 85.3 cm³/mol. The third kappa shape index (κ3) is 2.48. The fourth-order valence-corrected chi connectivity index (χ4v) is 3.98. The fourth-order valence-electron chi connectivity index (χ4n) is 2.89. The Labute approximate surface area is 132 Å². The van der Waals surface area contributed by atoms with Crippen LogP contribution in [0.3, 0.4) is 0 Å². The molecule has 2 aromatic rings. The summed E-state index contributed by atoms with van der Waals surface area (Å²) in [5.41, 5.74) is 2.21. The molecule has 0 radical (unpaired) electrons. The van der Waals surface area contributed by atoms with Crippen LogP contribution < -0.4 is 10.1 Å². The Bertz CT molecular complexity index is 703. The molecule has 3 heterocycles. The van der Waals surface area contributed by atoms with Gasteiger partial charge in [0.15, 0.2) is 11.2 Å². The molecule has 2 aliphatic rings. The van der Waals surface area contributed by atoms with E-state index in [1.807, 2.05) is 24.3 Å². The molecule has 5 nitrogen and oxygen atoms in total. The van der Waals surface area contributed by atoms with Crippen molar-refractivity contribution in [1.29, 1.82) is 0 Å². The highest BCUT2D eigenvalue weighted by Crippen LogP contribution is 2.30. The number of thiazole rings is 1. The maximum absolute atomic E-state index is 12.4. The fraction of sp³-hybridized carbons (Fsp3) is 0.375. The summed E-state index contributed by atoms with van der Waals surface area (Å²) >= 11 is 1.57. The van der Waals surface area contributed by atoms with Crippen LogP contribution in [0.1, 0.15) is 16.1 Å². The number of amides is 1. The molecule has 4 rings (SSSR count). The molecular weight excluding hydrogens is 298 g/mol. The molecule has 0 spiro atoms. The minimum Gasteiger partial charge on any atom is -0.480 e. The third-order valence-electron chi connectivity index (χ3n) is 4.09. The van der Waals surface area contributed by atoms with Gasteiger partial charge in [0.2, 0.25) is 0 Å². The molecular formula is C16H17N3O2S. The van der Waals surface area contributed by atoms with Crippen molar-refractivity contribution in [3.05, 3.63) is 40.4 Å². The van der Waals surface area contributed by atoms with Gasteiger partial charge in [-0.3, -0.25) is 10.1 Å². The molecule has 1 aromatic carbocycles. The molecule has 22 heavy (non-hydrogen) atoms. The van der Waals surface area contributed by atoms with Crippen molar-refractivity contribution in [1.82, 2.24) is 9.88 Å². The van der Waals surface area contributed by atoms with Gasteiger partial charge < -0.3 is 9.64 Å². The maximum Gasteiger partial charge on any atom is 0.267 e. The predicted octanol–water partition coefficient (Wildman–Crippen LogP) is 2.07. The summed E-state index contributed by atoms with van der Waals surface area (Å²) in [5.74, 6) is 0.693. The lowest BCUT2D eigenvalue weighted by Gasteiger charge is -2.20. The summed E-state index contributed by atoms with van der Waals surface area (Å²) in [5, 5.41) is 3.60. The van der Waals surface area contributed by atoms with Gasteiger partial charge in [-0.25, -0.2) is 4.98 Å². The van der Waals surface area contributed by atoms with Crippen LogP contribution in [0.25, 0.3) is 0 Å². The standard InChI is InChI=1S/C16H17N3O2S/c1-19-7-6-11-14(9-19)22-16(17-11)18-15(20)13-8-10-4-2-3-5-12(10)21-13/h2-5,13H,6-9H2,1H3,(H,17,18,20). The molecule has 2 aliphatic heterocycles. The Kier molecular flexibility index (Phi) is 3.35. The van der Waals surface area contributed by atoms with Gasteiger partial charge in [-0.05, 0) is 18.7 Å². The number of rotatable bonds is 2. The number of carbonyl (C=O) groups excluding carboxylic acids is 1. The van der Waals surface area contributed by atoms with Crippen LogP contribution in [0.2, 0.25) is 0 Å². The first-order chi connectivity index (χ1) is 10.7. The number of fused-ring (bicyclic) bond motifs is 2. The Morgan fingerprint density at radius 3 is 3.18 bits per heavy atom. The highest BCUT2D eigenvalue weighted by molar-refractivity contribution is 7.15. The number of nitrogens with one attached hydrogen (secondary N) is 1. The monoisotopic (exact) mass is 315 g/mol. The van der Waals surface area contributed by atoms with Crippen molar-refractivity contribution in [2.24, 2.45) is 0 Å². The number of carbonyl (C=O) groups is 1. The molecule has 0 saturated heterocycles. The van der Waals surface area contributed by atoms with Gasteiger partial charge in [0.05, 0.1) is 5.69 Å². The summed E-state index contributed by atoms with van der Waals surface area (Å²) < 4.78 is 5.72. The molecule has 0 fully saturated rings. The van der Waals surface area contributed by atoms with Crippen LogP contribution in [0.5, 0.6) is 5.75 Å². The van der Waals surface area contributed by atoms with Crippen molar-refractivity contribution >= 4 is 22.4 Å². The van der Waals surface area contributed by atoms with Gasteiger partial charge in [-0.2, -0.15) is 0 Å². The number of hydrogen-bond acceptors (Lipinski definition) is 5. The molecule has 1 atom stereocenters. The molecule has 1 unspecified atom stereocenters. The molecule has 1 N–H and O–H groups in total. The van der Waals surface area contributed by atoms with Gasteiger partial charge in [-0.15, -0.1) is 11.3 Å². The first kappa shape index (κ1) is 13.7. The summed E-state index contributed by atoms with van der Waals surface area (Å²) in [4.78, 5) is 20.4. The average Bonchev–Trinajstić information content (AvgIpc) is 3.09. The summed E-state index contributed by atoms with van der Waals surface area (Å²) in [6, 6.07) is 7.79. The van der Waals surface area contributed by atoms with Crippen molar-refractivity contribution < 1.29 is 9.53 Å². The van der Waals surface area contributed by atoms with E-state index in [0.29, 0.717) is 11.6 Å². The SMILES string of the molecule is CN1CCc2nc(NC(=O)C3Cc4ccccc4O3)sc2C1. The van der Waals surface area contributed by atoms with E-state index in [-0.39, 0.29) is 5.91 Å². The zero-order valence-corrected chi connectivity index (χ0v) is 13.2. The lowest BCUT2D eigenvalue weighted by molar-refractivity contribution is -0.122. The van der Waals surface area contributed by atoms with Gasteiger partial charge >= 0.3 is 0 Å². The number of para-hydroxylation sites is 1. The number of ether oxygens (including phenoxy) is 1. The molecule has 6 heteroatoms. The van der Waals surface area contributed by atoms with Crippen LogP contribution in [0.4, 0.5) is 5.13 Å². The molecule has 1 aromatic heterocycles. The van der Waals surface area contributed by atoms with E-state index in [1.54, 1.807) is 11.3 Å². The zero-order chi connectivity index (χ0) is 15.1. The first-order valence-corrected chi connectivity index (χ1v) is 8.23. The van der Waals surface area contributed by atoms with Crippen molar-refractivity contribution in [2.45, 2.75) is 25.5 Å². The summed E-state index contributed by atoms with van der Waals surface area (Å²) in [6.07, 6.45) is 1.11. The number of likely N-dealkylation sites (N-methyl/N-ethyl adjacent to an activating group) is 1. The van der Waals surface area contributed by atoms with Crippen molar-refractivity contribution in [2.75, 3.05) is 18.9 Å². The second-order valence-corrected chi connectivity index (χ2v) is 6.87. The van der Waals surface area contributed by atoms with E-state index in [2.05, 4.69) is 22.2 Å². The minimum absolute atomic E-state index is 0.115. The molecule has 0 aliphatic carbocycles. The van der Waals surface area contributed by atoms with E-state index in [1.165, 1.54) is 4.88 Å². The van der Waals surface area contributed by atoms with Gasteiger partial charge in [0, 0.05) is 30.8 Å². The van der Waals surface area contributed by atoms with Crippen LogP contribution in [-0.4, -0.2) is 35.5 Å². The maximum atomic E-state index is 12.4. The van der Waals surface area contributed by atoms with Crippen molar-refractivity contribution in [3.63, 3.8) is 0 Å². The second-order valence-electron chi connectivity index (χ2n) is 5.78. The van der Waals surface area contributed by atoms with E-state index >= 15 is 0 Å². The Morgan fingerprint density at radius 2 is 2.32 bits per heavy atom. The Hall–Kier alpha value is -1.92. The molecule has 114 valence electrons. The first-order valence-electron chi connectivity index (χ1n) is 7.41. The smallest absolute Gasteiger partial charge is 0.267 e. The van der Waals surface area contributed by atoms with Gasteiger partial charge in [-0.1, -0.05) is 18.2 Å². The van der Waals surface area contributed by atoms with E-state index in [0.717, 1.165) is 36.5 Å². The van der Waals surface area contributed by atoms with Crippen LogP contribution in [0.15, 0.2) is 24.3 Å². The van der Waals surface area contributed by atoms with Gasteiger partial charge in [0.25, 0.3) is 5.91 Å². The van der Waals surface area contributed by atoms with E-state index in [9.17, 15) is 4.79 Å². The number of anilines is 1.